The van der Waals surface area contributed by atoms with Crippen molar-refractivity contribution in [3.63, 3.8) is 0 Å². The Kier molecular flexibility index (Phi) is 8.93. The second-order valence-electron chi connectivity index (χ2n) is 9.45. The Balaban J connectivity index is 1.35. The van der Waals surface area contributed by atoms with Crippen LogP contribution in [-0.4, -0.2) is 35.8 Å². The number of methoxy groups -OCH3 is 1. The minimum Gasteiger partial charge on any atom is -0.493 e. The zero-order valence-electron chi connectivity index (χ0n) is 22.7. The number of nitrogens with zero attached hydrogens (tertiary/aromatic N) is 1. The summed E-state index contributed by atoms with van der Waals surface area (Å²) in [7, 11) is 1.63. The normalized spacial score (nSPS) is 10.8. The van der Waals surface area contributed by atoms with Gasteiger partial charge in [0.1, 0.15) is 6.61 Å². The summed E-state index contributed by atoms with van der Waals surface area (Å²) in [6.07, 6.45) is 4.79. The average molecular weight is 552 g/mol. The Hall–Kier alpha value is -4.36. The third kappa shape index (κ3) is 6.79. The smallest absolute Gasteiger partial charge is 0.322 e. The standard InChI is InChI=1S/C33H33N3O3S/c1-38-31-17-12-25(20-32(31)39-23-24-8-4-3-5-9-24)22-36(33(37)35-27-13-15-28(40-2)16-14-27)19-18-26-21-34-30-11-7-6-10-29(26)30/h3-17,20-21,34H,18-19,22-23H2,1-2H3,(H,35,37). The first-order valence-corrected chi connectivity index (χ1v) is 14.4. The van der Waals surface area contributed by atoms with Crippen LogP contribution in [0.3, 0.4) is 0 Å². The molecule has 0 atom stereocenters. The quantitative estimate of drug-likeness (QED) is 0.165. The fourth-order valence-electron chi connectivity index (χ4n) is 4.61. The molecule has 0 spiro atoms. The molecule has 204 valence electrons. The lowest BCUT2D eigenvalue weighted by Gasteiger charge is -2.24. The first kappa shape index (κ1) is 27.2. The number of urea groups is 1. The molecule has 0 unspecified atom stereocenters. The largest absolute Gasteiger partial charge is 0.493 e. The van der Waals surface area contributed by atoms with E-state index in [-0.39, 0.29) is 6.03 Å². The number of hydrogen-bond donors (Lipinski definition) is 2. The van der Waals surface area contributed by atoms with Crippen molar-refractivity contribution in [1.29, 1.82) is 0 Å². The maximum Gasteiger partial charge on any atom is 0.322 e. The van der Waals surface area contributed by atoms with Gasteiger partial charge >= 0.3 is 6.03 Å². The molecule has 40 heavy (non-hydrogen) atoms. The lowest BCUT2D eigenvalue weighted by Crippen LogP contribution is -2.36. The predicted octanol–water partition coefficient (Wildman–Crippen LogP) is 7.75. The van der Waals surface area contributed by atoms with Crippen molar-refractivity contribution in [3.05, 3.63) is 120 Å². The van der Waals surface area contributed by atoms with Crippen molar-refractivity contribution in [1.82, 2.24) is 9.88 Å². The van der Waals surface area contributed by atoms with Gasteiger partial charge in [0.05, 0.1) is 7.11 Å². The summed E-state index contributed by atoms with van der Waals surface area (Å²) < 4.78 is 11.7. The first-order valence-electron chi connectivity index (χ1n) is 13.2. The van der Waals surface area contributed by atoms with Gasteiger partial charge in [-0.3, -0.25) is 0 Å². The Morgan fingerprint density at radius 3 is 2.45 bits per heavy atom. The second kappa shape index (κ2) is 13.1. The van der Waals surface area contributed by atoms with Crippen LogP contribution in [-0.2, 0) is 19.6 Å². The molecular weight excluding hydrogens is 518 g/mol. The van der Waals surface area contributed by atoms with E-state index in [1.807, 2.05) is 102 Å². The third-order valence-electron chi connectivity index (χ3n) is 6.79. The van der Waals surface area contributed by atoms with E-state index in [2.05, 4.69) is 22.4 Å². The average Bonchev–Trinajstić information content (AvgIpc) is 3.42. The van der Waals surface area contributed by atoms with Gasteiger partial charge in [-0.15, -0.1) is 11.8 Å². The number of carbonyl (C=O) groups excluding carboxylic acids is 1. The Bertz CT molecular complexity index is 1550. The van der Waals surface area contributed by atoms with Crippen molar-refractivity contribution in [2.24, 2.45) is 0 Å². The highest BCUT2D eigenvalue weighted by Crippen LogP contribution is 2.30. The lowest BCUT2D eigenvalue weighted by atomic mass is 10.1. The van der Waals surface area contributed by atoms with Crippen LogP contribution >= 0.6 is 11.8 Å². The Morgan fingerprint density at radius 1 is 0.900 bits per heavy atom. The van der Waals surface area contributed by atoms with Gasteiger partial charge in [0.2, 0.25) is 0 Å². The van der Waals surface area contributed by atoms with Gasteiger partial charge in [-0.25, -0.2) is 4.79 Å². The van der Waals surface area contributed by atoms with E-state index in [0.29, 0.717) is 31.2 Å². The van der Waals surface area contributed by atoms with Gasteiger partial charge < -0.3 is 24.7 Å². The summed E-state index contributed by atoms with van der Waals surface area (Å²) in [5.41, 5.74) is 5.07. The van der Waals surface area contributed by atoms with Crippen LogP contribution < -0.4 is 14.8 Å². The molecule has 2 N–H and O–H groups in total. The van der Waals surface area contributed by atoms with Gasteiger partial charge in [0.25, 0.3) is 0 Å². The van der Waals surface area contributed by atoms with E-state index in [1.54, 1.807) is 18.9 Å². The predicted molar refractivity (Wildman–Crippen MR) is 163 cm³/mol. The Labute approximate surface area is 239 Å². The Morgan fingerprint density at radius 2 is 1.68 bits per heavy atom. The molecule has 7 heteroatoms. The number of fused-ring (bicyclic) bond motifs is 1. The zero-order chi connectivity index (χ0) is 27.7. The summed E-state index contributed by atoms with van der Waals surface area (Å²) in [5.74, 6) is 1.30. The van der Waals surface area contributed by atoms with E-state index in [1.165, 1.54) is 10.9 Å². The molecule has 0 saturated heterocycles. The number of rotatable bonds is 11. The highest BCUT2D eigenvalue weighted by molar-refractivity contribution is 7.98. The van der Waals surface area contributed by atoms with Crippen LogP contribution in [0.5, 0.6) is 11.5 Å². The number of para-hydroxylation sites is 1. The van der Waals surface area contributed by atoms with E-state index in [9.17, 15) is 4.79 Å². The highest BCUT2D eigenvalue weighted by Gasteiger charge is 2.17. The van der Waals surface area contributed by atoms with Crippen molar-refractivity contribution < 1.29 is 14.3 Å². The summed E-state index contributed by atoms with van der Waals surface area (Å²) in [6.45, 7) is 1.39. The van der Waals surface area contributed by atoms with Crippen LogP contribution in [0.25, 0.3) is 10.9 Å². The van der Waals surface area contributed by atoms with Gasteiger partial charge in [0.15, 0.2) is 11.5 Å². The lowest BCUT2D eigenvalue weighted by molar-refractivity contribution is 0.209. The number of carbonyl (C=O) groups is 1. The molecule has 4 aromatic carbocycles. The topological polar surface area (TPSA) is 66.6 Å². The van der Waals surface area contributed by atoms with Crippen LogP contribution in [0.4, 0.5) is 10.5 Å². The zero-order valence-corrected chi connectivity index (χ0v) is 23.5. The number of H-pyrrole nitrogens is 1. The van der Waals surface area contributed by atoms with Gasteiger partial charge in [-0.1, -0.05) is 54.6 Å². The molecule has 0 aliphatic rings. The number of aromatic nitrogens is 1. The molecule has 5 aromatic rings. The fraction of sp³-hybridized carbons (Fsp3) is 0.182. The molecule has 0 radical (unpaired) electrons. The maximum atomic E-state index is 13.6. The van der Waals surface area contributed by atoms with E-state index >= 15 is 0 Å². The monoisotopic (exact) mass is 551 g/mol. The van der Waals surface area contributed by atoms with E-state index in [4.69, 9.17) is 9.47 Å². The molecule has 1 heterocycles. The number of ether oxygens (including phenoxy) is 2. The molecular formula is C33H33N3O3S. The van der Waals surface area contributed by atoms with Gasteiger partial charge in [-0.2, -0.15) is 0 Å². The maximum absolute atomic E-state index is 13.6. The first-order chi connectivity index (χ1) is 19.6. The van der Waals surface area contributed by atoms with Crippen molar-refractivity contribution in [3.8, 4) is 11.5 Å². The molecule has 0 saturated carbocycles. The molecule has 0 aliphatic carbocycles. The van der Waals surface area contributed by atoms with Crippen molar-refractivity contribution >= 4 is 34.4 Å². The molecule has 0 bridgehead atoms. The summed E-state index contributed by atoms with van der Waals surface area (Å²) in [6, 6.07) is 31.8. The molecule has 6 nitrogen and oxygen atoms in total. The van der Waals surface area contributed by atoms with E-state index in [0.717, 1.165) is 33.6 Å². The van der Waals surface area contributed by atoms with Crippen LogP contribution in [0, 0.1) is 0 Å². The molecule has 0 aliphatic heterocycles. The number of hydrogen-bond acceptors (Lipinski definition) is 4. The SMILES string of the molecule is COc1ccc(CN(CCc2c[nH]c3ccccc23)C(=O)Nc2ccc(SC)cc2)cc1OCc1ccccc1. The highest BCUT2D eigenvalue weighted by atomic mass is 32.2. The van der Waals surface area contributed by atoms with Crippen LogP contribution in [0.2, 0.25) is 0 Å². The van der Waals surface area contributed by atoms with Gasteiger partial charge in [0, 0.05) is 40.8 Å². The summed E-state index contributed by atoms with van der Waals surface area (Å²) in [5, 5.41) is 4.26. The number of benzene rings is 4. The fourth-order valence-corrected chi connectivity index (χ4v) is 5.02. The third-order valence-corrected chi connectivity index (χ3v) is 7.54. The van der Waals surface area contributed by atoms with Crippen LogP contribution in [0.1, 0.15) is 16.7 Å². The summed E-state index contributed by atoms with van der Waals surface area (Å²) in [4.78, 5) is 19.9. The molecule has 1 aromatic heterocycles. The van der Waals surface area contributed by atoms with Crippen molar-refractivity contribution in [2.45, 2.75) is 24.5 Å². The van der Waals surface area contributed by atoms with Crippen LogP contribution in [0.15, 0.2) is 108 Å². The molecule has 0 fully saturated rings. The number of anilines is 1. The number of thioether (sulfide) groups is 1. The minimum absolute atomic E-state index is 0.153. The summed E-state index contributed by atoms with van der Waals surface area (Å²) >= 11 is 1.67. The van der Waals surface area contributed by atoms with Gasteiger partial charge in [-0.05, 0) is 71.8 Å². The second-order valence-corrected chi connectivity index (χ2v) is 10.3. The van der Waals surface area contributed by atoms with Crippen molar-refractivity contribution in [2.75, 3.05) is 25.2 Å². The number of nitrogens with one attached hydrogen (secondary N) is 2. The number of amides is 2. The van der Waals surface area contributed by atoms with E-state index < -0.39 is 0 Å². The minimum atomic E-state index is -0.153. The number of aromatic amines is 1. The molecule has 5 rings (SSSR count). The molecule has 2 amide bonds.